The van der Waals surface area contributed by atoms with Gasteiger partial charge in [0, 0.05) is 25.9 Å². The maximum Gasteiger partial charge on any atom is 0.333 e. The van der Waals surface area contributed by atoms with E-state index in [4.69, 9.17) is 13.6 Å². The van der Waals surface area contributed by atoms with Gasteiger partial charge in [-0.25, -0.2) is 4.79 Å². The molecule has 0 radical (unpaired) electrons. The Bertz CT molecular complexity index is 648. The summed E-state index contributed by atoms with van der Waals surface area (Å²) < 4.78 is 18.5. The largest absolute Gasteiger partial charge is 0.462 e. The molecule has 5 unspecified atom stereocenters. The van der Waals surface area contributed by atoms with Gasteiger partial charge in [0.1, 0.15) is 0 Å². The highest BCUT2D eigenvalue weighted by atomic mass is 31.1. The average Bonchev–Trinajstić information content (AvgIpc) is 2.77. The first-order valence-electron chi connectivity index (χ1n) is 14.3. The fourth-order valence-corrected chi connectivity index (χ4v) is 27.0. The lowest BCUT2D eigenvalue weighted by molar-refractivity contribution is -0.138. The van der Waals surface area contributed by atoms with Gasteiger partial charge in [-0.15, -0.1) is 25.7 Å². The molecule has 0 heterocycles. The van der Waals surface area contributed by atoms with Gasteiger partial charge in [0.15, 0.2) is 16.6 Å². The normalized spacial score (nSPS) is 15.4. The lowest BCUT2D eigenvalue weighted by Gasteiger charge is -2.38. The van der Waals surface area contributed by atoms with Crippen molar-refractivity contribution >= 4 is 56.4 Å². The molecule has 0 saturated heterocycles. The molecule has 0 aromatic carbocycles. The Labute approximate surface area is 239 Å². The summed E-state index contributed by atoms with van der Waals surface area (Å²) in [4.78, 5) is 11.7. The predicted molar refractivity (Wildman–Crippen MR) is 183 cm³/mol. The highest BCUT2D eigenvalue weighted by Crippen LogP contribution is 2.30. The lowest BCUT2D eigenvalue weighted by atomic mass is 10.1. The van der Waals surface area contributed by atoms with Gasteiger partial charge < -0.3 is 13.6 Å². The van der Waals surface area contributed by atoms with Gasteiger partial charge in [-0.2, -0.15) is 0 Å². The third-order valence-corrected chi connectivity index (χ3v) is 25.1. The molecule has 5 atom stereocenters. The van der Waals surface area contributed by atoms with Gasteiger partial charge in [0.25, 0.3) is 0 Å². The predicted octanol–water partition coefficient (Wildman–Crippen LogP) is 8.41. The SMILES string of the molecule is C=C(C)C(=O)OCC(CCCC(COCCC[Si](C)(C)O[Si](C)(C)C[Si](C)(C)CCCPC)PC)PC. The highest BCUT2D eigenvalue weighted by Gasteiger charge is 2.37. The Balaban J connectivity index is 4.29. The van der Waals surface area contributed by atoms with Gasteiger partial charge in [0.05, 0.1) is 13.2 Å². The van der Waals surface area contributed by atoms with E-state index in [0.717, 1.165) is 51.8 Å². The molecule has 10 heteroatoms. The Morgan fingerprint density at radius 2 is 1.43 bits per heavy atom. The van der Waals surface area contributed by atoms with Crippen LogP contribution in [-0.4, -0.2) is 88.0 Å². The topological polar surface area (TPSA) is 44.8 Å². The van der Waals surface area contributed by atoms with Gasteiger partial charge in [0.2, 0.25) is 0 Å². The van der Waals surface area contributed by atoms with Crippen molar-refractivity contribution in [3.63, 3.8) is 0 Å². The minimum Gasteiger partial charge on any atom is -0.462 e. The maximum absolute atomic E-state index is 11.7. The fraction of sp³-hybridized carbons (Fsp3) is 0.889. The molecule has 0 N–H and O–H groups in total. The van der Waals surface area contributed by atoms with Crippen LogP contribution >= 0.6 is 25.7 Å². The first-order valence-corrected chi connectivity index (χ1v) is 28.8. The Morgan fingerprint density at radius 3 is 1.97 bits per heavy atom. The summed E-state index contributed by atoms with van der Waals surface area (Å²) in [7, 11) is -1.63. The maximum atomic E-state index is 11.7. The second-order valence-electron chi connectivity index (χ2n) is 12.6. The number of ether oxygens (including phenoxy) is 2. The van der Waals surface area contributed by atoms with E-state index in [1.54, 1.807) is 6.92 Å². The van der Waals surface area contributed by atoms with E-state index in [0.29, 0.717) is 23.5 Å². The van der Waals surface area contributed by atoms with Crippen LogP contribution in [-0.2, 0) is 18.4 Å². The first kappa shape index (κ1) is 38.1. The molecule has 37 heavy (non-hydrogen) atoms. The second kappa shape index (κ2) is 20.0. The summed E-state index contributed by atoms with van der Waals surface area (Å²) in [6, 6.07) is 2.66. The molecule has 0 aromatic rings. The minimum absolute atomic E-state index is 0.263. The summed E-state index contributed by atoms with van der Waals surface area (Å²) >= 11 is 0. The third kappa shape index (κ3) is 20.6. The van der Waals surface area contributed by atoms with Crippen molar-refractivity contribution in [2.24, 2.45) is 0 Å². The minimum atomic E-state index is -1.66. The van der Waals surface area contributed by atoms with E-state index in [2.05, 4.69) is 65.9 Å². The highest BCUT2D eigenvalue weighted by molar-refractivity contribution is 7.38. The number of rotatable bonds is 23. The average molecular weight is 627 g/mol. The third-order valence-electron chi connectivity index (χ3n) is 6.81. The molecule has 0 fully saturated rings. The van der Waals surface area contributed by atoms with E-state index in [9.17, 15) is 4.79 Å². The van der Waals surface area contributed by atoms with Crippen molar-refractivity contribution in [2.75, 3.05) is 46.0 Å². The Kier molecular flexibility index (Phi) is 20.6. The van der Waals surface area contributed by atoms with Crippen molar-refractivity contribution in [1.29, 1.82) is 0 Å². The first-order chi connectivity index (χ1) is 17.2. The standard InChI is InChI=1S/C27H61O4P3Si3/c1-24(2)27(28)30-22-26(34-5)16-12-15-25(33-4)21-29-17-13-20-36(8,9)31-37(10,11)23-35(6,7)19-14-18-32-3/h25-26,32-34H,1,12-23H2,2-11H3. The lowest BCUT2D eigenvalue weighted by Crippen LogP contribution is -2.49. The van der Waals surface area contributed by atoms with E-state index in [1.807, 2.05) is 0 Å². The van der Waals surface area contributed by atoms with E-state index < -0.39 is 24.7 Å². The Hall–Kier alpha value is 1.07. The number of hydrogen-bond donors (Lipinski definition) is 0. The zero-order valence-corrected chi connectivity index (χ0v) is 32.0. The van der Waals surface area contributed by atoms with Crippen molar-refractivity contribution in [3.8, 4) is 0 Å². The fourth-order valence-electron chi connectivity index (χ4n) is 5.18. The van der Waals surface area contributed by atoms with Crippen LogP contribution in [0, 0.1) is 0 Å². The van der Waals surface area contributed by atoms with Crippen LogP contribution < -0.4 is 0 Å². The van der Waals surface area contributed by atoms with E-state index in [1.165, 1.54) is 43.2 Å². The molecule has 0 bridgehead atoms. The van der Waals surface area contributed by atoms with Crippen molar-refractivity contribution in [3.05, 3.63) is 12.2 Å². The number of hydrogen-bond acceptors (Lipinski definition) is 4. The van der Waals surface area contributed by atoms with Crippen LogP contribution in [0.4, 0.5) is 0 Å². The molecular formula is C27H61O4P3Si3. The van der Waals surface area contributed by atoms with Crippen molar-refractivity contribution in [1.82, 2.24) is 0 Å². The van der Waals surface area contributed by atoms with Crippen molar-refractivity contribution in [2.45, 2.75) is 107 Å². The molecule has 0 saturated carbocycles. The zero-order chi connectivity index (χ0) is 28.5. The molecule has 0 aliphatic heterocycles. The monoisotopic (exact) mass is 626 g/mol. The number of esters is 1. The zero-order valence-electron chi connectivity index (χ0n) is 26.0. The summed E-state index contributed by atoms with van der Waals surface area (Å²) in [6.07, 6.45) is 7.44. The van der Waals surface area contributed by atoms with Gasteiger partial charge >= 0.3 is 5.97 Å². The summed E-state index contributed by atoms with van der Waals surface area (Å²) in [5.74, 6) is -0.263. The van der Waals surface area contributed by atoms with Crippen LogP contribution in [0.3, 0.4) is 0 Å². The van der Waals surface area contributed by atoms with Gasteiger partial charge in [-0.1, -0.05) is 38.6 Å². The van der Waals surface area contributed by atoms with Crippen LogP contribution in [0.15, 0.2) is 12.2 Å². The summed E-state index contributed by atoms with van der Waals surface area (Å²) in [6.45, 7) is 29.4. The molecule has 220 valence electrons. The molecular weight excluding hydrogens is 565 g/mol. The summed E-state index contributed by atoms with van der Waals surface area (Å²) in [5.41, 5.74) is 2.99. The molecule has 0 aliphatic rings. The van der Waals surface area contributed by atoms with Crippen LogP contribution in [0.2, 0.25) is 57.0 Å². The number of carbonyl (C=O) groups excluding carboxylic acids is 1. The molecule has 0 spiro atoms. The van der Waals surface area contributed by atoms with E-state index in [-0.39, 0.29) is 5.97 Å². The smallest absolute Gasteiger partial charge is 0.333 e. The summed E-state index contributed by atoms with van der Waals surface area (Å²) in [5, 5.41) is 0. The van der Waals surface area contributed by atoms with Crippen LogP contribution in [0.1, 0.15) is 39.0 Å². The Morgan fingerprint density at radius 1 is 0.838 bits per heavy atom. The van der Waals surface area contributed by atoms with Crippen molar-refractivity contribution < 1.29 is 18.4 Å². The molecule has 0 aromatic heterocycles. The van der Waals surface area contributed by atoms with Crippen LogP contribution in [0.5, 0.6) is 0 Å². The van der Waals surface area contributed by atoms with Gasteiger partial charge in [-0.05, 0) is 95.9 Å². The quantitative estimate of drug-likeness (QED) is 0.0376. The molecule has 0 amide bonds. The van der Waals surface area contributed by atoms with Crippen LogP contribution in [0.25, 0.3) is 0 Å². The second-order valence-corrected chi connectivity index (χ2v) is 31.2. The molecule has 4 nitrogen and oxygen atoms in total. The van der Waals surface area contributed by atoms with Gasteiger partial charge in [-0.3, -0.25) is 0 Å². The molecule has 0 aliphatic carbocycles. The van der Waals surface area contributed by atoms with E-state index >= 15 is 0 Å². The number of carbonyl (C=O) groups is 1. The molecule has 0 rings (SSSR count).